The number of nitrogens with zero attached hydrogens (tertiary/aromatic N) is 2. The van der Waals surface area contributed by atoms with E-state index in [1.807, 2.05) is 24.3 Å². The van der Waals surface area contributed by atoms with Gasteiger partial charge in [0.15, 0.2) is 5.78 Å². The monoisotopic (exact) mass is 465 g/mol. The molecule has 0 unspecified atom stereocenters. The largest absolute Gasteiger partial charge is 0.487 e. The third-order valence-corrected chi connectivity index (χ3v) is 5.69. The zero-order valence-electron chi connectivity index (χ0n) is 18.2. The quantitative estimate of drug-likeness (QED) is 0.513. The SMILES string of the molecule is CC(=O)c1cncc(OCc2cc(NC(=O)c3ccc(N4CCOCC4)cc3)ccc2Cl)c1. The minimum Gasteiger partial charge on any atom is -0.487 e. The third kappa shape index (κ3) is 5.88. The Morgan fingerprint density at radius 1 is 1.06 bits per heavy atom. The smallest absolute Gasteiger partial charge is 0.255 e. The summed E-state index contributed by atoms with van der Waals surface area (Å²) >= 11 is 6.31. The molecule has 0 aliphatic carbocycles. The number of halogens is 1. The summed E-state index contributed by atoms with van der Waals surface area (Å²) < 4.78 is 11.1. The molecule has 1 aliphatic heterocycles. The Labute approximate surface area is 197 Å². The van der Waals surface area contributed by atoms with Crippen LogP contribution in [0.2, 0.25) is 5.02 Å². The highest BCUT2D eigenvalue weighted by atomic mass is 35.5. The van der Waals surface area contributed by atoms with Crippen molar-refractivity contribution in [2.75, 3.05) is 36.5 Å². The molecule has 3 aromatic rings. The number of hydrogen-bond donors (Lipinski definition) is 1. The number of morpholine rings is 1. The van der Waals surface area contributed by atoms with Crippen LogP contribution in [0, 0.1) is 0 Å². The summed E-state index contributed by atoms with van der Waals surface area (Å²) in [6.07, 6.45) is 3.03. The Morgan fingerprint density at radius 3 is 2.55 bits per heavy atom. The van der Waals surface area contributed by atoms with Gasteiger partial charge in [-0.25, -0.2) is 0 Å². The van der Waals surface area contributed by atoms with Crippen molar-refractivity contribution in [1.82, 2.24) is 4.98 Å². The summed E-state index contributed by atoms with van der Waals surface area (Å²) in [6.45, 7) is 4.75. The zero-order chi connectivity index (χ0) is 23.2. The second-order valence-corrected chi connectivity index (χ2v) is 8.07. The van der Waals surface area contributed by atoms with Crippen LogP contribution in [0.25, 0.3) is 0 Å². The molecule has 170 valence electrons. The van der Waals surface area contributed by atoms with Crippen molar-refractivity contribution in [2.45, 2.75) is 13.5 Å². The van der Waals surface area contributed by atoms with Crippen LogP contribution in [-0.4, -0.2) is 43.0 Å². The first-order valence-electron chi connectivity index (χ1n) is 10.6. The molecule has 1 fully saturated rings. The molecule has 0 radical (unpaired) electrons. The highest BCUT2D eigenvalue weighted by Gasteiger charge is 2.13. The van der Waals surface area contributed by atoms with Crippen LogP contribution in [-0.2, 0) is 11.3 Å². The van der Waals surface area contributed by atoms with E-state index >= 15 is 0 Å². The van der Waals surface area contributed by atoms with Crippen molar-refractivity contribution in [3.8, 4) is 5.75 Å². The number of ketones is 1. The van der Waals surface area contributed by atoms with E-state index in [-0.39, 0.29) is 18.3 Å². The molecule has 0 spiro atoms. The maximum atomic E-state index is 12.7. The van der Waals surface area contributed by atoms with Crippen LogP contribution in [0.3, 0.4) is 0 Å². The van der Waals surface area contributed by atoms with Gasteiger partial charge < -0.3 is 19.7 Å². The van der Waals surface area contributed by atoms with Crippen molar-refractivity contribution in [3.63, 3.8) is 0 Å². The number of rotatable bonds is 7. The minimum atomic E-state index is -0.212. The van der Waals surface area contributed by atoms with Gasteiger partial charge in [-0.3, -0.25) is 14.6 Å². The predicted octanol–water partition coefficient (Wildman–Crippen LogP) is 4.61. The number of aromatic nitrogens is 1. The van der Waals surface area contributed by atoms with Gasteiger partial charge in [-0.1, -0.05) is 11.6 Å². The number of ether oxygens (including phenoxy) is 2. The van der Waals surface area contributed by atoms with Crippen LogP contribution < -0.4 is 15.0 Å². The molecule has 2 aromatic carbocycles. The van der Waals surface area contributed by atoms with Gasteiger partial charge in [0, 0.05) is 52.4 Å². The molecule has 0 atom stereocenters. The average Bonchev–Trinajstić information content (AvgIpc) is 2.85. The molecule has 4 rings (SSSR count). The van der Waals surface area contributed by atoms with Crippen molar-refractivity contribution < 1.29 is 19.1 Å². The Bertz CT molecular complexity index is 1140. The summed E-state index contributed by atoms with van der Waals surface area (Å²) in [6, 6.07) is 14.4. The molecule has 0 saturated carbocycles. The van der Waals surface area contributed by atoms with Gasteiger partial charge in [0.05, 0.1) is 19.4 Å². The number of hydrogen-bond acceptors (Lipinski definition) is 6. The van der Waals surface area contributed by atoms with Crippen LogP contribution >= 0.6 is 11.6 Å². The maximum absolute atomic E-state index is 12.7. The number of carbonyl (C=O) groups excluding carboxylic acids is 2. The van der Waals surface area contributed by atoms with Gasteiger partial charge in [-0.2, -0.15) is 0 Å². The molecular formula is C25H24ClN3O4. The summed E-state index contributed by atoms with van der Waals surface area (Å²) in [5, 5.41) is 3.42. The summed E-state index contributed by atoms with van der Waals surface area (Å²) in [7, 11) is 0. The fourth-order valence-corrected chi connectivity index (χ4v) is 3.64. The lowest BCUT2D eigenvalue weighted by Gasteiger charge is -2.28. The molecule has 0 bridgehead atoms. The normalized spacial score (nSPS) is 13.5. The Hall–Kier alpha value is -3.42. The molecule has 7 nitrogen and oxygen atoms in total. The van der Waals surface area contributed by atoms with Gasteiger partial charge >= 0.3 is 0 Å². The Morgan fingerprint density at radius 2 is 1.82 bits per heavy atom. The van der Waals surface area contributed by atoms with Gasteiger partial charge in [0.25, 0.3) is 5.91 Å². The van der Waals surface area contributed by atoms with E-state index in [1.165, 1.54) is 19.3 Å². The first-order valence-corrected chi connectivity index (χ1v) is 11.0. The fraction of sp³-hybridized carbons (Fsp3) is 0.240. The van der Waals surface area contributed by atoms with Crippen molar-refractivity contribution in [3.05, 3.63) is 82.6 Å². The predicted molar refractivity (Wildman–Crippen MR) is 127 cm³/mol. The number of anilines is 2. The molecule has 1 aromatic heterocycles. The van der Waals surface area contributed by atoms with E-state index in [9.17, 15) is 9.59 Å². The third-order valence-electron chi connectivity index (χ3n) is 5.32. The van der Waals surface area contributed by atoms with E-state index < -0.39 is 0 Å². The topological polar surface area (TPSA) is 80.8 Å². The Balaban J connectivity index is 1.40. The van der Waals surface area contributed by atoms with Crippen molar-refractivity contribution in [2.24, 2.45) is 0 Å². The molecule has 1 saturated heterocycles. The highest BCUT2D eigenvalue weighted by molar-refractivity contribution is 6.31. The van der Waals surface area contributed by atoms with E-state index in [4.69, 9.17) is 21.1 Å². The molecule has 8 heteroatoms. The summed E-state index contributed by atoms with van der Waals surface area (Å²) in [4.78, 5) is 30.5. The van der Waals surface area contributed by atoms with Crippen molar-refractivity contribution >= 4 is 34.7 Å². The number of Topliss-reactive ketones (excluding diaryl/α,β-unsaturated/α-hetero) is 1. The van der Waals surface area contributed by atoms with Gasteiger partial charge in [-0.05, 0) is 55.5 Å². The summed E-state index contributed by atoms with van der Waals surface area (Å²) in [5.41, 5.74) is 3.41. The van der Waals surface area contributed by atoms with E-state index in [2.05, 4.69) is 15.2 Å². The molecule has 1 N–H and O–H groups in total. The first-order chi connectivity index (χ1) is 16.0. The lowest BCUT2D eigenvalue weighted by Crippen LogP contribution is -2.36. The molecule has 1 amide bonds. The minimum absolute atomic E-state index is 0.0892. The average molecular weight is 466 g/mol. The molecule has 1 aliphatic rings. The molecule has 2 heterocycles. The van der Waals surface area contributed by atoms with Crippen molar-refractivity contribution in [1.29, 1.82) is 0 Å². The van der Waals surface area contributed by atoms with E-state index in [0.717, 1.165) is 18.8 Å². The van der Waals surface area contributed by atoms with E-state index in [1.54, 1.807) is 24.3 Å². The maximum Gasteiger partial charge on any atom is 0.255 e. The number of carbonyl (C=O) groups is 2. The van der Waals surface area contributed by atoms with Gasteiger partial charge in [-0.15, -0.1) is 0 Å². The second kappa shape index (κ2) is 10.5. The van der Waals surface area contributed by atoms with Gasteiger partial charge in [0.1, 0.15) is 12.4 Å². The number of benzene rings is 2. The molecular weight excluding hydrogens is 442 g/mol. The number of nitrogens with one attached hydrogen (secondary N) is 1. The van der Waals surface area contributed by atoms with Crippen LogP contribution in [0.5, 0.6) is 5.75 Å². The van der Waals surface area contributed by atoms with Crippen LogP contribution in [0.4, 0.5) is 11.4 Å². The van der Waals surface area contributed by atoms with E-state index in [0.29, 0.717) is 46.4 Å². The van der Waals surface area contributed by atoms with Gasteiger partial charge in [0.2, 0.25) is 0 Å². The number of pyridine rings is 1. The van der Waals surface area contributed by atoms with Crippen LogP contribution in [0.1, 0.15) is 33.2 Å². The highest BCUT2D eigenvalue weighted by Crippen LogP contribution is 2.24. The standard InChI is InChI=1S/C25H24ClN3O4/c1-17(30)19-13-23(15-27-14-19)33-16-20-12-21(4-7-24(20)26)28-25(31)18-2-5-22(6-3-18)29-8-10-32-11-9-29/h2-7,12-15H,8-11,16H2,1H3,(H,28,31). The second-order valence-electron chi connectivity index (χ2n) is 7.66. The van der Waals surface area contributed by atoms with Crippen LogP contribution in [0.15, 0.2) is 60.9 Å². The lowest BCUT2D eigenvalue weighted by atomic mass is 10.1. The fourth-order valence-electron chi connectivity index (χ4n) is 3.46. The number of amides is 1. The lowest BCUT2D eigenvalue weighted by molar-refractivity contribution is 0.101. The Kier molecular flexibility index (Phi) is 7.22. The first kappa shape index (κ1) is 22.8. The molecule has 33 heavy (non-hydrogen) atoms. The summed E-state index contributed by atoms with van der Waals surface area (Å²) in [5.74, 6) is 0.165. The zero-order valence-corrected chi connectivity index (χ0v) is 19.0.